The first-order chi connectivity index (χ1) is 5.22. The molecule has 0 rings (SSSR count). The molecular formula is C11H22. The van der Waals surface area contributed by atoms with Gasteiger partial charge in [0, 0.05) is 0 Å². The Labute approximate surface area is 72.0 Å². The monoisotopic (exact) mass is 154 g/mol. The molecule has 66 valence electrons. The van der Waals surface area contributed by atoms with Crippen LogP contribution in [0, 0.1) is 0 Å². The van der Waals surface area contributed by atoms with Crippen LogP contribution in [0.4, 0.5) is 0 Å². The lowest BCUT2D eigenvalue weighted by atomic mass is 10.2. The van der Waals surface area contributed by atoms with Crippen molar-refractivity contribution in [3.63, 3.8) is 0 Å². The minimum atomic E-state index is 1.15. The molecule has 0 atom stereocenters. The van der Waals surface area contributed by atoms with Crippen LogP contribution in [0.3, 0.4) is 0 Å². The molecule has 0 aromatic rings. The molecular weight excluding hydrogens is 132 g/mol. The van der Waals surface area contributed by atoms with E-state index in [2.05, 4.69) is 40.3 Å². The Morgan fingerprint density at radius 3 is 1.91 bits per heavy atom. The van der Waals surface area contributed by atoms with Crippen molar-refractivity contribution in [2.45, 2.75) is 47.0 Å². The van der Waals surface area contributed by atoms with Crippen molar-refractivity contribution in [2.75, 3.05) is 0 Å². The average molecular weight is 154 g/mol. The molecule has 0 amide bonds. The maximum Gasteiger partial charge on any atom is -0.0352 e. The first-order valence-corrected chi connectivity index (χ1v) is 4.45. The summed E-state index contributed by atoms with van der Waals surface area (Å²) in [5.41, 5.74) is 1.47. The quantitative estimate of drug-likeness (QED) is 0.531. The second-order valence-corrected chi connectivity index (χ2v) is 2.57. The van der Waals surface area contributed by atoms with Gasteiger partial charge in [0.2, 0.25) is 0 Å². The summed E-state index contributed by atoms with van der Waals surface area (Å²) in [6.07, 6.45) is 7.64. The first-order valence-electron chi connectivity index (χ1n) is 4.45. The normalized spacial score (nSPS) is 10.0. The summed E-state index contributed by atoms with van der Waals surface area (Å²) in [6, 6.07) is 0. The van der Waals surface area contributed by atoms with Gasteiger partial charge in [0.1, 0.15) is 0 Å². The van der Waals surface area contributed by atoms with Crippen molar-refractivity contribution < 1.29 is 0 Å². The molecule has 0 unspecified atom stereocenters. The topological polar surface area (TPSA) is 0 Å². The standard InChI is InChI=1S/C6H12.C5H10/c1-4-6(3)5-2;1-3-5-4-2/h4H,5H2,1-3H3;3H,1,4-5H2,2H3. The van der Waals surface area contributed by atoms with Crippen LogP contribution in [0.5, 0.6) is 0 Å². The van der Waals surface area contributed by atoms with Crippen LogP contribution in [0.15, 0.2) is 24.3 Å². The predicted octanol–water partition coefficient (Wildman–Crippen LogP) is 4.34. The van der Waals surface area contributed by atoms with Gasteiger partial charge in [-0.3, -0.25) is 0 Å². The number of hydrogen-bond donors (Lipinski definition) is 0. The lowest BCUT2D eigenvalue weighted by Gasteiger charge is -1.85. The third kappa shape index (κ3) is 17.7. The lowest BCUT2D eigenvalue weighted by Crippen LogP contribution is -1.63. The molecule has 0 bridgehead atoms. The third-order valence-corrected chi connectivity index (χ3v) is 1.54. The van der Waals surface area contributed by atoms with E-state index in [1.54, 1.807) is 0 Å². The van der Waals surface area contributed by atoms with E-state index in [0.29, 0.717) is 0 Å². The molecule has 0 radical (unpaired) electrons. The van der Waals surface area contributed by atoms with Crippen LogP contribution in [-0.4, -0.2) is 0 Å². The van der Waals surface area contributed by atoms with Crippen LogP contribution < -0.4 is 0 Å². The summed E-state index contributed by atoms with van der Waals surface area (Å²) in [4.78, 5) is 0. The summed E-state index contributed by atoms with van der Waals surface area (Å²) in [5, 5.41) is 0. The number of hydrogen-bond acceptors (Lipinski definition) is 0. The molecule has 0 aliphatic carbocycles. The van der Waals surface area contributed by atoms with Gasteiger partial charge in [-0.2, -0.15) is 0 Å². The highest BCUT2D eigenvalue weighted by molar-refractivity contribution is 4.93. The van der Waals surface area contributed by atoms with E-state index in [-0.39, 0.29) is 0 Å². The number of rotatable bonds is 3. The number of allylic oxidation sites excluding steroid dienone is 3. The van der Waals surface area contributed by atoms with E-state index < -0.39 is 0 Å². The Hall–Kier alpha value is -0.520. The van der Waals surface area contributed by atoms with Gasteiger partial charge in [0.05, 0.1) is 0 Å². The molecule has 11 heavy (non-hydrogen) atoms. The molecule has 0 aliphatic heterocycles. The van der Waals surface area contributed by atoms with E-state index >= 15 is 0 Å². The molecule has 0 spiro atoms. The van der Waals surface area contributed by atoms with Crippen molar-refractivity contribution in [2.24, 2.45) is 0 Å². The Morgan fingerprint density at radius 1 is 1.36 bits per heavy atom. The van der Waals surface area contributed by atoms with Crippen LogP contribution in [0.25, 0.3) is 0 Å². The van der Waals surface area contributed by atoms with Crippen molar-refractivity contribution >= 4 is 0 Å². The zero-order valence-electron chi connectivity index (χ0n) is 8.48. The highest BCUT2D eigenvalue weighted by Gasteiger charge is 1.73. The minimum Gasteiger partial charge on any atom is -0.103 e. The molecule has 0 saturated carbocycles. The second-order valence-electron chi connectivity index (χ2n) is 2.57. The highest BCUT2D eigenvalue weighted by Crippen LogP contribution is 1.94. The zero-order chi connectivity index (χ0) is 9.11. The van der Waals surface area contributed by atoms with E-state index in [1.807, 2.05) is 6.08 Å². The Balaban J connectivity index is 0. The molecule has 0 aromatic carbocycles. The smallest absolute Gasteiger partial charge is 0.0352 e. The predicted molar refractivity (Wildman–Crippen MR) is 54.8 cm³/mol. The maximum absolute atomic E-state index is 3.55. The van der Waals surface area contributed by atoms with Crippen molar-refractivity contribution in [3.05, 3.63) is 24.3 Å². The van der Waals surface area contributed by atoms with Gasteiger partial charge in [-0.05, 0) is 26.7 Å². The van der Waals surface area contributed by atoms with Crippen molar-refractivity contribution in [1.82, 2.24) is 0 Å². The Bertz CT molecular complexity index is 98.6. The maximum atomic E-state index is 3.55. The summed E-state index contributed by atoms with van der Waals surface area (Å²) < 4.78 is 0. The van der Waals surface area contributed by atoms with Gasteiger partial charge in [0.25, 0.3) is 0 Å². The van der Waals surface area contributed by atoms with Gasteiger partial charge >= 0.3 is 0 Å². The van der Waals surface area contributed by atoms with Crippen LogP contribution in [0.2, 0.25) is 0 Å². The lowest BCUT2D eigenvalue weighted by molar-refractivity contribution is 0.961. The molecule has 0 N–H and O–H groups in total. The third-order valence-electron chi connectivity index (χ3n) is 1.54. The van der Waals surface area contributed by atoms with E-state index in [1.165, 1.54) is 18.4 Å². The van der Waals surface area contributed by atoms with E-state index in [0.717, 1.165) is 6.42 Å². The SMILES string of the molecule is C=CCCC.CC=C(C)CC. The fourth-order valence-electron chi connectivity index (χ4n) is 0.408. The minimum absolute atomic E-state index is 1.15. The summed E-state index contributed by atoms with van der Waals surface area (Å²) in [6.45, 7) is 12.1. The van der Waals surface area contributed by atoms with Crippen LogP contribution in [-0.2, 0) is 0 Å². The number of unbranched alkanes of at least 4 members (excludes halogenated alkanes) is 1. The highest BCUT2D eigenvalue weighted by atomic mass is 13.8. The molecule has 0 heterocycles. The van der Waals surface area contributed by atoms with Gasteiger partial charge in [0.15, 0.2) is 0 Å². The first kappa shape index (κ1) is 13.1. The largest absolute Gasteiger partial charge is 0.103 e. The Kier molecular flexibility index (Phi) is 14.5. The average Bonchev–Trinajstić information content (AvgIpc) is 2.06. The van der Waals surface area contributed by atoms with Crippen molar-refractivity contribution in [3.8, 4) is 0 Å². The van der Waals surface area contributed by atoms with Gasteiger partial charge in [-0.15, -0.1) is 6.58 Å². The van der Waals surface area contributed by atoms with Crippen LogP contribution >= 0.6 is 0 Å². The van der Waals surface area contributed by atoms with Gasteiger partial charge in [-0.1, -0.05) is 38.0 Å². The molecule has 0 aromatic heterocycles. The summed E-state index contributed by atoms with van der Waals surface area (Å²) >= 11 is 0. The Morgan fingerprint density at radius 2 is 1.91 bits per heavy atom. The molecule has 0 aliphatic rings. The van der Waals surface area contributed by atoms with Crippen LogP contribution in [0.1, 0.15) is 47.0 Å². The van der Waals surface area contributed by atoms with Gasteiger partial charge in [-0.25, -0.2) is 0 Å². The molecule has 0 fully saturated rings. The summed E-state index contributed by atoms with van der Waals surface area (Å²) in [5.74, 6) is 0. The van der Waals surface area contributed by atoms with Gasteiger partial charge < -0.3 is 0 Å². The summed E-state index contributed by atoms with van der Waals surface area (Å²) in [7, 11) is 0. The van der Waals surface area contributed by atoms with E-state index in [4.69, 9.17) is 0 Å². The second kappa shape index (κ2) is 12.2. The van der Waals surface area contributed by atoms with E-state index in [9.17, 15) is 0 Å². The molecule has 0 saturated heterocycles. The fraction of sp³-hybridized carbons (Fsp3) is 0.636. The van der Waals surface area contributed by atoms with Crippen molar-refractivity contribution in [1.29, 1.82) is 0 Å². The fourth-order valence-corrected chi connectivity index (χ4v) is 0.408. The zero-order valence-corrected chi connectivity index (χ0v) is 8.48. The molecule has 0 nitrogen and oxygen atoms in total. The molecule has 0 heteroatoms.